The molecule has 0 saturated heterocycles. The van der Waals surface area contributed by atoms with Gasteiger partial charge >= 0.3 is 192 Å². The number of aryl methyl sites for hydroxylation is 1. The Labute approximate surface area is 480 Å². The summed E-state index contributed by atoms with van der Waals surface area (Å²) in [6, 6.07) is 7.67. The van der Waals surface area contributed by atoms with Crippen molar-refractivity contribution in [2.45, 2.75) is 207 Å². The smallest absolute Gasteiger partial charge is 0.358 e. The van der Waals surface area contributed by atoms with Gasteiger partial charge in [-0.3, -0.25) is 9.59 Å². The normalized spacial score (nSPS) is 13.6. The standard InChI is InChI=1S/C67H92O6.CH3.2ClH.Ru/c1-18-62(68)45-66(70)72-64-44-61(67(59(17)58(64)16)73-65(69)42-39-60-38-41-63(57(15)43-60)71-47(4)5)40-37-56(14)36-35-55(13)34-33-54(12)32-31-53(11)30-29-52(10)28-27-51(9)26-25-50(8)24-23-49(7)22-21-48(6)20-19-46(2)3;;;;/h15,19,21,23,25,27,29,31,33,35,37-38,41,43-44,47H,18,20,22,24,26,28,30,32,34,36,39-40,42,45H2,1-14,16-17H3;1H3;2*1H;/q;-1;;;+2/p-1/b48-21+,49-23+,50-25+,51-27+,52-29+,53-31+,54-33+,55-35+,56-37+;;;;. The average molecular weight is 1180 g/mol. The van der Waals surface area contributed by atoms with Crippen molar-refractivity contribution in [3.8, 4) is 17.2 Å². The molecule has 0 aliphatic carbocycles. The first kappa shape index (κ1) is 70.3. The maximum absolute atomic E-state index is 13.5. The van der Waals surface area contributed by atoms with Crippen LogP contribution in [-0.2, 0) is 40.7 Å². The van der Waals surface area contributed by atoms with Gasteiger partial charge in [0, 0.05) is 6.42 Å². The van der Waals surface area contributed by atoms with E-state index in [4.69, 9.17) is 33.6 Å². The summed E-state index contributed by atoms with van der Waals surface area (Å²) in [6.45, 7) is 33.6. The molecule has 2 rings (SSSR count). The van der Waals surface area contributed by atoms with E-state index in [0.717, 1.165) is 80.2 Å². The van der Waals surface area contributed by atoms with Crippen molar-refractivity contribution in [1.29, 1.82) is 0 Å². The average Bonchev–Trinajstić information content (AvgIpc) is 3.36. The molecule has 0 unspecified atom stereocenters. The Morgan fingerprint density at radius 1 is 0.571 bits per heavy atom. The number of benzene rings is 2. The van der Waals surface area contributed by atoms with Crippen molar-refractivity contribution < 1.29 is 42.1 Å². The fourth-order valence-electron chi connectivity index (χ4n) is 7.58. The first-order valence-electron chi connectivity index (χ1n) is 27.1. The van der Waals surface area contributed by atoms with Gasteiger partial charge in [0.2, 0.25) is 0 Å². The number of ketones is 1. The molecule has 0 radical (unpaired) electrons. The molecule has 2 aromatic rings. The van der Waals surface area contributed by atoms with Gasteiger partial charge in [-0.2, -0.15) is 0 Å². The summed E-state index contributed by atoms with van der Waals surface area (Å²) < 4.78 is 18.5. The second kappa shape index (κ2) is 38.0. The molecule has 426 valence electrons. The summed E-state index contributed by atoms with van der Waals surface area (Å²) in [7, 11) is 12.5. The van der Waals surface area contributed by atoms with Gasteiger partial charge in [0.15, 0.2) is 0 Å². The minimum absolute atomic E-state index is 0. The van der Waals surface area contributed by atoms with E-state index in [1.165, 1.54) is 50.2 Å². The molecule has 0 bridgehead atoms. The molecule has 0 amide bonds. The number of esters is 2. The summed E-state index contributed by atoms with van der Waals surface area (Å²) in [6.07, 6.45) is 32.9. The van der Waals surface area contributed by atoms with Crippen LogP contribution in [0, 0.1) is 21.3 Å². The number of allylic oxidation sites excluding steroid dienone is 20. The number of aliphatic hydroxyl groups is 1. The second-order valence-corrected chi connectivity index (χ2v) is 27.1. The zero-order valence-corrected chi connectivity index (χ0v) is 53.5. The third-order valence-corrected chi connectivity index (χ3v) is 14.9. The van der Waals surface area contributed by atoms with Gasteiger partial charge in [0.1, 0.15) is 12.2 Å². The molecule has 0 spiro atoms. The zero-order chi connectivity index (χ0) is 56.9. The van der Waals surface area contributed by atoms with Gasteiger partial charge in [0.25, 0.3) is 0 Å². The van der Waals surface area contributed by atoms with E-state index in [1.807, 2.05) is 50.5 Å². The predicted octanol–water partition coefficient (Wildman–Crippen LogP) is 19.8. The van der Waals surface area contributed by atoms with E-state index in [-0.39, 0.29) is 44.5 Å². The molecule has 0 saturated carbocycles. The monoisotopic (exact) mass is 1180 g/mol. The number of hydrogen-bond acceptors (Lipinski definition) is 5. The van der Waals surface area contributed by atoms with Crippen molar-refractivity contribution in [3.63, 3.8) is 0 Å². The van der Waals surface area contributed by atoms with E-state index in [2.05, 4.69) is 137 Å². The van der Waals surface area contributed by atoms with E-state index < -0.39 is 19.5 Å². The topological polar surface area (TPSA) is 82.5 Å². The molecule has 0 aromatic heterocycles. The Balaban J connectivity index is 0.0000296. The SMILES string of the molecule is CCC(=O)CC(=O)Oc1cc(C/C=C(\C)C/C=C(\C)C/C=C(\C)C/C=C(\C)C/C=C(\C)C/C=C(\C)C/C=C(\C)C/C=C(\C)C/C=C(\C)CC=C(C)C)c(OC(=O)CCc2ccc([OH+]C(C)C)c([CH]=[Ru]([Cl])[Cl])c2)c(C)c1C.[CH3-]. The zero-order valence-electron chi connectivity index (χ0n) is 50.2. The van der Waals surface area contributed by atoms with Crippen LogP contribution in [0.5, 0.6) is 17.2 Å². The fourth-order valence-corrected chi connectivity index (χ4v) is 9.38. The van der Waals surface area contributed by atoms with Crippen LogP contribution in [0.4, 0.5) is 0 Å². The van der Waals surface area contributed by atoms with Crippen LogP contribution < -0.4 is 9.47 Å². The molecule has 0 aliphatic rings. The maximum atomic E-state index is 13.5. The molecule has 0 atom stereocenters. The molecule has 0 aliphatic heterocycles. The van der Waals surface area contributed by atoms with Crippen LogP contribution in [0.3, 0.4) is 0 Å². The summed E-state index contributed by atoms with van der Waals surface area (Å²) >= 11 is -2.11. The number of ether oxygens (including phenoxy) is 3. The summed E-state index contributed by atoms with van der Waals surface area (Å²) in [4.78, 5) is 38.4. The molecule has 6 nitrogen and oxygen atoms in total. The van der Waals surface area contributed by atoms with Crippen molar-refractivity contribution in [1.82, 2.24) is 0 Å². The molecular weight excluding hydrogens is 1080 g/mol. The van der Waals surface area contributed by atoms with Crippen molar-refractivity contribution in [2.24, 2.45) is 0 Å². The number of carbonyl (C=O) groups is 3. The van der Waals surface area contributed by atoms with Crippen LogP contribution in [0.25, 0.3) is 0 Å². The minimum Gasteiger partial charge on any atom is -0.358 e. The van der Waals surface area contributed by atoms with Crippen LogP contribution in [0.15, 0.2) is 141 Å². The Kier molecular flexibility index (Phi) is 34.7. The molecule has 0 fully saturated rings. The van der Waals surface area contributed by atoms with Crippen LogP contribution in [-0.4, -0.2) is 33.2 Å². The van der Waals surface area contributed by atoms with Gasteiger partial charge in [-0.25, -0.2) is 0 Å². The molecule has 2 aromatic carbocycles. The quantitative estimate of drug-likeness (QED) is 0.0143. The van der Waals surface area contributed by atoms with Gasteiger partial charge in [-0.15, -0.1) is 0 Å². The van der Waals surface area contributed by atoms with Gasteiger partial charge in [-0.05, 0) is 134 Å². The Morgan fingerprint density at radius 2 is 0.987 bits per heavy atom. The van der Waals surface area contributed by atoms with Gasteiger partial charge in [0.05, 0.1) is 0 Å². The number of hydrogen-bond donors (Lipinski definition) is 0. The Bertz CT molecular complexity index is 2650. The molecular formula is C68H96Cl2O6Ru. The number of carbonyl (C=O) groups excluding carboxylic acids is 3. The Hall–Kier alpha value is -4.68. The number of rotatable bonds is 31. The van der Waals surface area contributed by atoms with Crippen LogP contribution >= 0.6 is 19.4 Å². The van der Waals surface area contributed by atoms with Gasteiger partial charge < -0.3 is 12.2 Å². The van der Waals surface area contributed by atoms with Gasteiger partial charge in [-0.1, -0.05) is 117 Å². The molecule has 1 N–H and O–H groups in total. The summed E-state index contributed by atoms with van der Waals surface area (Å²) in [5, 5.41) is 0. The Morgan fingerprint density at radius 3 is 1.38 bits per heavy atom. The minimum atomic E-state index is -2.11. The van der Waals surface area contributed by atoms with Crippen molar-refractivity contribution in [3.05, 3.63) is 176 Å². The molecule has 9 heteroatoms. The van der Waals surface area contributed by atoms with E-state index in [9.17, 15) is 14.4 Å². The number of aromatic hydroxyl groups is 1. The summed E-state index contributed by atoms with van der Waals surface area (Å²) in [5.74, 6) is 0.446. The summed E-state index contributed by atoms with van der Waals surface area (Å²) in [5.41, 5.74) is 17.5. The molecule has 77 heavy (non-hydrogen) atoms. The van der Waals surface area contributed by atoms with Crippen LogP contribution in [0.2, 0.25) is 0 Å². The number of halogens is 2. The number of Topliss-reactive ketones (excluding diaryl/α,β-unsaturated/α-hetero) is 1. The molecule has 0 heterocycles. The first-order chi connectivity index (χ1) is 35.8. The van der Waals surface area contributed by atoms with Crippen molar-refractivity contribution >= 4 is 41.7 Å². The van der Waals surface area contributed by atoms with Crippen LogP contribution in [0.1, 0.15) is 202 Å². The second-order valence-electron chi connectivity index (χ2n) is 21.3. The third kappa shape index (κ3) is 30.9. The first-order valence-corrected chi connectivity index (χ1v) is 32.6. The van der Waals surface area contributed by atoms with E-state index in [0.29, 0.717) is 41.0 Å². The fraction of sp³-hybridized carbons (Fsp3) is 0.456. The predicted molar refractivity (Wildman–Crippen MR) is 330 cm³/mol. The van der Waals surface area contributed by atoms with E-state index >= 15 is 0 Å². The van der Waals surface area contributed by atoms with E-state index in [1.54, 1.807) is 13.0 Å². The third-order valence-electron chi connectivity index (χ3n) is 13.0. The van der Waals surface area contributed by atoms with Crippen molar-refractivity contribution in [2.75, 3.05) is 0 Å².